The summed E-state index contributed by atoms with van der Waals surface area (Å²) in [6.45, 7) is 0. The quantitative estimate of drug-likeness (QED) is 0.646. The summed E-state index contributed by atoms with van der Waals surface area (Å²) in [6, 6.07) is 0. The minimum atomic E-state index is 0.879. The van der Waals surface area contributed by atoms with Crippen LogP contribution in [0.1, 0.15) is 5.82 Å². The summed E-state index contributed by atoms with van der Waals surface area (Å²) in [5.41, 5.74) is 0. The van der Waals surface area contributed by atoms with Crippen LogP contribution in [0.5, 0.6) is 0 Å². The second-order valence-electron chi connectivity index (χ2n) is 1.80. The van der Waals surface area contributed by atoms with Crippen molar-refractivity contribution in [2.24, 2.45) is 0 Å². The number of aryl methyl sites for hydroxylation is 1. The molecule has 4 heteroatoms. The van der Waals surface area contributed by atoms with Crippen LogP contribution in [0.4, 0.5) is 0 Å². The van der Waals surface area contributed by atoms with Gasteiger partial charge in [0.15, 0.2) is 0 Å². The van der Waals surface area contributed by atoms with Crippen molar-refractivity contribution in [3.63, 3.8) is 0 Å². The highest BCUT2D eigenvalue weighted by molar-refractivity contribution is 7.98. The Morgan fingerprint density at radius 1 is 1.40 bits per heavy atom. The fraction of sp³-hybridized carbons (Fsp3) is 0.500. The van der Waals surface area contributed by atoms with Crippen molar-refractivity contribution in [2.45, 2.75) is 6.42 Å². The molecule has 0 saturated carbocycles. The lowest BCUT2D eigenvalue weighted by atomic mass is 10.5. The second kappa shape index (κ2) is 4.22. The molecule has 10 heavy (non-hydrogen) atoms. The van der Waals surface area contributed by atoms with Gasteiger partial charge in [0.05, 0.1) is 0 Å². The van der Waals surface area contributed by atoms with Gasteiger partial charge in [0.25, 0.3) is 0 Å². The molecule has 0 radical (unpaired) electrons. The van der Waals surface area contributed by atoms with Crippen molar-refractivity contribution < 1.29 is 0 Å². The SMILES string of the molecule is CSCCc1ncncn1. The van der Waals surface area contributed by atoms with Gasteiger partial charge in [-0.3, -0.25) is 0 Å². The van der Waals surface area contributed by atoms with Crippen molar-refractivity contribution in [3.8, 4) is 0 Å². The van der Waals surface area contributed by atoms with E-state index in [1.54, 1.807) is 11.8 Å². The summed E-state index contributed by atoms with van der Waals surface area (Å²) in [5, 5.41) is 0. The molecule has 54 valence electrons. The second-order valence-corrected chi connectivity index (χ2v) is 2.78. The molecule has 0 amide bonds. The number of aromatic nitrogens is 3. The van der Waals surface area contributed by atoms with Gasteiger partial charge in [-0.15, -0.1) is 0 Å². The predicted octanol–water partition coefficient (Wildman–Crippen LogP) is 0.777. The predicted molar refractivity (Wildman–Crippen MR) is 41.9 cm³/mol. The van der Waals surface area contributed by atoms with Crippen LogP contribution < -0.4 is 0 Å². The van der Waals surface area contributed by atoms with Crippen LogP contribution >= 0.6 is 11.8 Å². The van der Waals surface area contributed by atoms with Crippen LogP contribution in [0.15, 0.2) is 12.7 Å². The number of hydrogen-bond donors (Lipinski definition) is 0. The Hall–Kier alpha value is -0.640. The average molecular weight is 155 g/mol. The van der Waals surface area contributed by atoms with Gasteiger partial charge < -0.3 is 0 Å². The van der Waals surface area contributed by atoms with Crippen molar-refractivity contribution in [1.82, 2.24) is 15.0 Å². The topological polar surface area (TPSA) is 38.7 Å². The van der Waals surface area contributed by atoms with E-state index in [1.165, 1.54) is 12.7 Å². The van der Waals surface area contributed by atoms with E-state index in [-0.39, 0.29) is 0 Å². The first-order valence-corrected chi connectivity index (χ1v) is 4.42. The zero-order valence-corrected chi connectivity index (χ0v) is 6.64. The molecule has 0 saturated heterocycles. The third kappa shape index (κ3) is 2.31. The van der Waals surface area contributed by atoms with Crippen LogP contribution in [-0.2, 0) is 6.42 Å². The lowest BCUT2D eigenvalue weighted by molar-refractivity contribution is 0.903. The Labute approximate surface area is 64.3 Å². The normalized spacial score (nSPS) is 9.70. The molecule has 3 nitrogen and oxygen atoms in total. The van der Waals surface area contributed by atoms with E-state index in [1.807, 2.05) is 0 Å². The third-order valence-electron chi connectivity index (χ3n) is 1.08. The average Bonchev–Trinajstić information content (AvgIpc) is 2.03. The van der Waals surface area contributed by atoms with E-state index < -0.39 is 0 Å². The summed E-state index contributed by atoms with van der Waals surface area (Å²) in [5.74, 6) is 1.95. The molecule has 0 aromatic carbocycles. The number of thioether (sulfide) groups is 1. The number of rotatable bonds is 3. The van der Waals surface area contributed by atoms with Crippen LogP contribution in [-0.4, -0.2) is 27.0 Å². The van der Waals surface area contributed by atoms with Gasteiger partial charge in [-0.1, -0.05) is 0 Å². The molecule has 0 spiro atoms. The van der Waals surface area contributed by atoms with Gasteiger partial charge in [0, 0.05) is 12.2 Å². The Bertz CT molecular complexity index is 178. The van der Waals surface area contributed by atoms with E-state index in [2.05, 4.69) is 21.2 Å². The molecule has 1 aromatic rings. The molecule has 0 fully saturated rings. The number of hydrogen-bond acceptors (Lipinski definition) is 4. The molecular weight excluding hydrogens is 146 g/mol. The summed E-state index contributed by atoms with van der Waals surface area (Å²) < 4.78 is 0. The van der Waals surface area contributed by atoms with E-state index >= 15 is 0 Å². The molecule has 1 heterocycles. The smallest absolute Gasteiger partial charge is 0.132 e. The minimum Gasteiger partial charge on any atom is -0.225 e. The van der Waals surface area contributed by atoms with Crippen molar-refractivity contribution >= 4 is 11.8 Å². The Balaban J connectivity index is 2.43. The molecule has 0 bridgehead atoms. The maximum atomic E-state index is 3.98. The summed E-state index contributed by atoms with van der Waals surface area (Å²) >= 11 is 1.80. The van der Waals surface area contributed by atoms with Gasteiger partial charge in [-0.2, -0.15) is 11.8 Å². The van der Waals surface area contributed by atoms with E-state index in [9.17, 15) is 0 Å². The fourth-order valence-corrected chi connectivity index (χ4v) is 0.972. The molecule has 0 N–H and O–H groups in total. The van der Waals surface area contributed by atoms with Crippen molar-refractivity contribution in [2.75, 3.05) is 12.0 Å². The van der Waals surface area contributed by atoms with Gasteiger partial charge in [0.2, 0.25) is 0 Å². The molecule has 0 unspecified atom stereocenters. The fourth-order valence-electron chi connectivity index (χ4n) is 0.586. The van der Waals surface area contributed by atoms with Crippen LogP contribution in [0.25, 0.3) is 0 Å². The Kier molecular flexibility index (Phi) is 3.15. The monoisotopic (exact) mass is 155 g/mol. The Morgan fingerprint density at radius 2 is 2.10 bits per heavy atom. The Morgan fingerprint density at radius 3 is 2.70 bits per heavy atom. The summed E-state index contributed by atoms with van der Waals surface area (Å²) in [6.07, 6.45) is 6.07. The largest absolute Gasteiger partial charge is 0.225 e. The van der Waals surface area contributed by atoms with E-state index in [4.69, 9.17) is 0 Å². The zero-order chi connectivity index (χ0) is 7.23. The van der Waals surface area contributed by atoms with Crippen LogP contribution in [0.2, 0.25) is 0 Å². The first-order chi connectivity index (χ1) is 4.93. The third-order valence-corrected chi connectivity index (χ3v) is 1.69. The highest BCUT2D eigenvalue weighted by Gasteiger charge is 1.91. The molecular formula is C6H9N3S. The standard InChI is InChI=1S/C6H9N3S/c1-10-3-2-6-8-4-7-5-9-6/h4-5H,2-3H2,1H3. The van der Waals surface area contributed by atoms with Crippen LogP contribution in [0, 0.1) is 0 Å². The first kappa shape index (κ1) is 7.47. The highest BCUT2D eigenvalue weighted by atomic mass is 32.2. The van der Waals surface area contributed by atoms with Gasteiger partial charge in [-0.25, -0.2) is 15.0 Å². The molecule has 1 rings (SSSR count). The van der Waals surface area contributed by atoms with E-state index in [0.717, 1.165) is 18.0 Å². The molecule has 0 aliphatic rings. The maximum absolute atomic E-state index is 3.98. The van der Waals surface area contributed by atoms with Gasteiger partial charge >= 0.3 is 0 Å². The lowest BCUT2D eigenvalue weighted by Crippen LogP contribution is -1.95. The minimum absolute atomic E-state index is 0.879. The molecule has 1 aromatic heterocycles. The lowest BCUT2D eigenvalue weighted by Gasteiger charge is -1.93. The maximum Gasteiger partial charge on any atom is 0.132 e. The first-order valence-electron chi connectivity index (χ1n) is 3.03. The zero-order valence-electron chi connectivity index (χ0n) is 5.82. The van der Waals surface area contributed by atoms with Crippen LogP contribution in [0.3, 0.4) is 0 Å². The van der Waals surface area contributed by atoms with Gasteiger partial charge in [-0.05, 0) is 6.26 Å². The van der Waals surface area contributed by atoms with Gasteiger partial charge in [0.1, 0.15) is 18.5 Å². The van der Waals surface area contributed by atoms with E-state index in [0.29, 0.717) is 0 Å². The number of nitrogens with zero attached hydrogens (tertiary/aromatic N) is 3. The van der Waals surface area contributed by atoms with Crippen molar-refractivity contribution in [1.29, 1.82) is 0 Å². The van der Waals surface area contributed by atoms with Crippen molar-refractivity contribution in [3.05, 3.63) is 18.5 Å². The molecule has 0 atom stereocenters. The highest BCUT2D eigenvalue weighted by Crippen LogP contribution is 1.96. The summed E-state index contributed by atoms with van der Waals surface area (Å²) in [7, 11) is 0. The molecule has 0 aliphatic carbocycles. The molecule has 0 aliphatic heterocycles. The summed E-state index contributed by atoms with van der Waals surface area (Å²) in [4.78, 5) is 11.7.